The molecule has 20 heavy (non-hydrogen) atoms. The van der Waals surface area contributed by atoms with E-state index >= 15 is 0 Å². The van der Waals surface area contributed by atoms with Crippen LogP contribution in [0.25, 0.3) is 0 Å². The first kappa shape index (κ1) is 13.2. The summed E-state index contributed by atoms with van der Waals surface area (Å²) in [5.41, 5.74) is 1.31. The van der Waals surface area contributed by atoms with E-state index in [9.17, 15) is 9.59 Å². The van der Waals surface area contributed by atoms with Crippen LogP contribution in [0.3, 0.4) is 0 Å². The van der Waals surface area contributed by atoms with Crippen molar-refractivity contribution in [2.45, 2.75) is 32.1 Å². The molecule has 0 bridgehead atoms. The molecule has 1 aromatic carbocycles. The lowest BCUT2D eigenvalue weighted by atomic mass is 10.0. The van der Waals surface area contributed by atoms with Crippen LogP contribution in [-0.2, 0) is 16.0 Å². The highest BCUT2D eigenvalue weighted by Crippen LogP contribution is 2.55. The number of hydrogen-bond donors (Lipinski definition) is 2. The molecule has 3 rings (SSSR count). The van der Waals surface area contributed by atoms with E-state index in [1.165, 1.54) is 25.7 Å². The number of amides is 1. The van der Waals surface area contributed by atoms with Crippen LogP contribution in [0.2, 0.25) is 0 Å². The third kappa shape index (κ3) is 2.55. The fourth-order valence-electron chi connectivity index (χ4n) is 3.56. The molecule has 0 radical (unpaired) electrons. The molecular formula is C16H19NO3. The standard InChI is InChI=1S/C16H19NO3/c18-14(19)9-10-5-1-4-8-13(10)17-16(20)15-11-6-2-3-7-12(11)15/h1,4-5,8,11-12,15H,2-3,6-7,9H2,(H,17,20)(H,18,19). The second kappa shape index (κ2) is 5.27. The lowest BCUT2D eigenvalue weighted by Gasteiger charge is -2.09. The molecule has 4 heteroatoms. The quantitative estimate of drug-likeness (QED) is 0.886. The third-order valence-electron chi connectivity index (χ3n) is 4.58. The summed E-state index contributed by atoms with van der Waals surface area (Å²) < 4.78 is 0. The average molecular weight is 273 g/mol. The molecular weight excluding hydrogens is 254 g/mol. The van der Waals surface area contributed by atoms with Crippen LogP contribution in [0.4, 0.5) is 5.69 Å². The number of anilines is 1. The van der Waals surface area contributed by atoms with Gasteiger partial charge in [-0.2, -0.15) is 0 Å². The van der Waals surface area contributed by atoms with E-state index < -0.39 is 5.97 Å². The number of carbonyl (C=O) groups excluding carboxylic acids is 1. The number of aliphatic carboxylic acids is 1. The maximum absolute atomic E-state index is 12.3. The molecule has 0 aliphatic heterocycles. The topological polar surface area (TPSA) is 66.4 Å². The molecule has 2 unspecified atom stereocenters. The Morgan fingerprint density at radius 2 is 1.80 bits per heavy atom. The smallest absolute Gasteiger partial charge is 0.307 e. The zero-order valence-corrected chi connectivity index (χ0v) is 11.3. The van der Waals surface area contributed by atoms with Gasteiger partial charge < -0.3 is 10.4 Å². The largest absolute Gasteiger partial charge is 0.481 e. The predicted octanol–water partition coefficient (Wildman–Crippen LogP) is 2.69. The van der Waals surface area contributed by atoms with Gasteiger partial charge in [-0.25, -0.2) is 0 Å². The van der Waals surface area contributed by atoms with Crippen LogP contribution in [0.15, 0.2) is 24.3 Å². The molecule has 0 spiro atoms. The summed E-state index contributed by atoms with van der Waals surface area (Å²) in [7, 11) is 0. The molecule has 2 atom stereocenters. The Kier molecular flexibility index (Phi) is 3.47. The fourth-order valence-corrected chi connectivity index (χ4v) is 3.56. The number of nitrogens with one attached hydrogen (secondary N) is 1. The first-order valence-electron chi connectivity index (χ1n) is 7.27. The van der Waals surface area contributed by atoms with E-state index in [-0.39, 0.29) is 18.2 Å². The van der Waals surface area contributed by atoms with Gasteiger partial charge in [0.25, 0.3) is 0 Å². The monoisotopic (exact) mass is 273 g/mol. The highest BCUT2D eigenvalue weighted by Gasteiger charge is 2.54. The molecule has 2 aliphatic carbocycles. The van der Waals surface area contributed by atoms with E-state index in [1.54, 1.807) is 18.2 Å². The van der Waals surface area contributed by atoms with Crippen LogP contribution in [0.5, 0.6) is 0 Å². The number of fused-ring (bicyclic) bond motifs is 1. The van der Waals surface area contributed by atoms with Gasteiger partial charge in [0.1, 0.15) is 0 Å². The Morgan fingerprint density at radius 3 is 2.45 bits per heavy atom. The molecule has 0 saturated heterocycles. The molecule has 2 fully saturated rings. The summed E-state index contributed by atoms with van der Waals surface area (Å²) in [6.07, 6.45) is 4.74. The highest BCUT2D eigenvalue weighted by molar-refractivity contribution is 5.96. The van der Waals surface area contributed by atoms with Crippen molar-refractivity contribution in [2.24, 2.45) is 17.8 Å². The van der Waals surface area contributed by atoms with Crippen molar-refractivity contribution in [3.63, 3.8) is 0 Å². The van der Waals surface area contributed by atoms with Crippen molar-refractivity contribution in [3.8, 4) is 0 Å². The summed E-state index contributed by atoms with van der Waals surface area (Å²) in [6.45, 7) is 0. The number of para-hydroxylation sites is 1. The number of rotatable bonds is 4. The van der Waals surface area contributed by atoms with E-state index in [1.807, 2.05) is 6.07 Å². The summed E-state index contributed by atoms with van der Waals surface area (Å²) in [5.74, 6) is 0.465. The van der Waals surface area contributed by atoms with Crippen LogP contribution in [0.1, 0.15) is 31.2 Å². The van der Waals surface area contributed by atoms with E-state index in [0.29, 0.717) is 23.1 Å². The Labute approximate surface area is 118 Å². The fraction of sp³-hybridized carbons (Fsp3) is 0.500. The average Bonchev–Trinajstić information content (AvgIpc) is 3.14. The van der Waals surface area contributed by atoms with Crippen molar-refractivity contribution in [3.05, 3.63) is 29.8 Å². The molecule has 2 aliphatic rings. The van der Waals surface area contributed by atoms with Gasteiger partial charge in [-0.1, -0.05) is 31.0 Å². The summed E-state index contributed by atoms with van der Waals surface area (Å²) >= 11 is 0. The Balaban J connectivity index is 1.68. The van der Waals surface area contributed by atoms with Crippen LogP contribution < -0.4 is 5.32 Å². The van der Waals surface area contributed by atoms with Crippen molar-refractivity contribution >= 4 is 17.6 Å². The minimum atomic E-state index is -0.883. The highest BCUT2D eigenvalue weighted by atomic mass is 16.4. The molecule has 106 valence electrons. The lowest BCUT2D eigenvalue weighted by Crippen LogP contribution is -2.17. The molecule has 1 amide bonds. The minimum Gasteiger partial charge on any atom is -0.481 e. The molecule has 0 heterocycles. The Morgan fingerprint density at radius 1 is 1.15 bits per heavy atom. The van der Waals surface area contributed by atoms with Crippen LogP contribution in [0, 0.1) is 17.8 Å². The SMILES string of the molecule is O=C(O)Cc1ccccc1NC(=O)C1C2CCCCC21. The van der Waals surface area contributed by atoms with Gasteiger partial charge in [0, 0.05) is 11.6 Å². The van der Waals surface area contributed by atoms with Crippen molar-refractivity contribution in [2.75, 3.05) is 5.32 Å². The van der Waals surface area contributed by atoms with E-state index in [0.717, 1.165) is 0 Å². The number of hydrogen-bond acceptors (Lipinski definition) is 2. The van der Waals surface area contributed by atoms with Gasteiger partial charge in [0.2, 0.25) is 5.91 Å². The van der Waals surface area contributed by atoms with Crippen LogP contribution in [-0.4, -0.2) is 17.0 Å². The second-order valence-corrected chi connectivity index (χ2v) is 5.85. The van der Waals surface area contributed by atoms with Crippen molar-refractivity contribution < 1.29 is 14.7 Å². The number of carboxylic acid groups (broad SMARTS) is 1. The third-order valence-corrected chi connectivity index (χ3v) is 4.58. The van der Waals surface area contributed by atoms with Gasteiger partial charge in [-0.05, 0) is 36.3 Å². The van der Waals surface area contributed by atoms with Gasteiger partial charge in [0.05, 0.1) is 6.42 Å². The van der Waals surface area contributed by atoms with Gasteiger partial charge in [0.15, 0.2) is 0 Å². The number of benzene rings is 1. The zero-order chi connectivity index (χ0) is 14.1. The lowest BCUT2D eigenvalue weighted by molar-refractivity contribution is -0.136. The Hall–Kier alpha value is -1.84. The van der Waals surface area contributed by atoms with E-state index in [2.05, 4.69) is 5.32 Å². The van der Waals surface area contributed by atoms with Crippen molar-refractivity contribution in [1.29, 1.82) is 0 Å². The molecule has 2 N–H and O–H groups in total. The maximum Gasteiger partial charge on any atom is 0.307 e. The predicted molar refractivity (Wildman–Crippen MR) is 75.3 cm³/mol. The normalized spacial score (nSPS) is 27.5. The second-order valence-electron chi connectivity index (χ2n) is 5.85. The summed E-state index contributed by atoms with van der Waals surface area (Å²) in [6, 6.07) is 7.15. The van der Waals surface area contributed by atoms with Crippen LogP contribution >= 0.6 is 0 Å². The number of carbonyl (C=O) groups is 2. The summed E-state index contributed by atoms with van der Waals surface area (Å²) in [5, 5.41) is 11.8. The maximum atomic E-state index is 12.3. The molecule has 4 nitrogen and oxygen atoms in total. The number of carboxylic acids is 1. The Bertz CT molecular complexity index is 528. The zero-order valence-electron chi connectivity index (χ0n) is 11.3. The summed E-state index contributed by atoms with van der Waals surface area (Å²) in [4.78, 5) is 23.2. The molecule has 0 aromatic heterocycles. The van der Waals surface area contributed by atoms with Gasteiger partial charge in [-0.3, -0.25) is 9.59 Å². The first-order chi connectivity index (χ1) is 9.66. The van der Waals surface area contributed by atoms with E-state index in [4.69, 9.17) is 5.11 Å². The van der Waals surface area contributed by atoms with Crippen molar-refractivity contribution in [1.82, 2.24) is 0 Å². The molecule has 2 saturated carbocycles. The molecule has 1 aromatic rings. The van der Waals surface area contributed by atoms with Gasteiger partial charge in [-0.15, -0.1) is 0 Å². The van der Waals surface area contributed by atoms with Gasteiger partial charge >= 0.3 is 5.97 Å². The minimum absolute atomic E-state index is 0.0615. The first-order valence-corrected chi connectivity index (χ1v) is 7.27.